The molecule has 1 radical (unpaired) electrons. The van der Waals surface area contributed by atoms with Crippen LogP contribution in [0.5, 0.6) is 0 Å². The Morgan fingerprint density at radius 3 is 2.79 bits per heavy atom. The summed E-state index contributed by atoms with van der Waals surface area (Å²) in [5.41, 5.74) is 0.936. The second-order valence-corrected chi connectivity index (χ2v) is 3.28. The first-order chi connectivity index (χ1) is 6.95. The Kier molecular flexibility index (Phi) is 1.51. The first-order valence-corrected chi connectivity index (χ1v) is 4.59. The number of benzene rings is 2. The smallest absolute Gasteiger partial charge is 0.0787 e. The minimum absolute atomic E-state index is 0.936. The summed E-state index contributed by atoms with van der Waals surface area (Å²) in [7, 11) is 0. The van der Waals surface area contributed by atoms with Gasteiger partial charge in [0.05, 0.1) is 5.52 Å². The second kappa shape index (κ2) is 2.81. The number of pyridine rings is 1. The van der Waals surface area contributed by atoms with Gasteiger partial charge in [0.1, 0.15) is 0 Å². The van der Waals surface area contributed by atoms with Crippen molar-refractivity contribution in [1.82, 2.24) is 4.98 Å². The molecule has 0 N–H and O–H groups in total. The topological polar surface area (TPSA) is 12.9 Å². The molecule has 1 nitrogen and oxygen atoms in total. The first-order valence-electron chi connectivity index (χ1n) is 4.59. The van der Waals surface area contributed by atoms with E-state index in [1.54, 1.807) is 6.20 Å². The molecule has 0 saturated heterocycles. The average molecular weight is 178 g/mol. The molecule has 65 valence electrons. The fourth-order valence-corrected chi connectivity index (χ4v) is 1.75. The minimum Gasteiger partial charge on any atom is -0.256 e. The van der Waals surface area contributed by atoms with Crippen molar-refractivity contribution in [2.75, 3.05) is 0 Å². The minimum atomic E-state index is 0.936. The van der Waals surface area contributed by atoms with Gasteiger partial charge < -0.3 is 0 Å². The summed E-state index contributed by atoms with van der Waals surface area (Å²) in [6.07, 6.45) is 1.80. The molecule has 0 spiro atoms. The fourth-order valence-electron chi connectivity index (χ4n) is 1.75. The van der Waals surface area contributed by atoms with E-state index in [9.17, 15) is 0 Å². The number of fused-ring (bicyclic) bond motifs is 3. The van der Waals surface area contributed by atoms with Crippen molar-refractivity contribution in [1.29, 1.82) is 0 Å². The van der Waals surface area contributed by atoms with Gasteiger partial charge in [-0.3, -0.25) is 4.98 Å². The van der Waals surface area contributed by atoms with Crippen molar-refractivity contribution in [3.63, 3.8) is 0 Å². The van der Waals surface area contributed by atoms with Crippen LogP contribution in [0.2, 0.25) is 0 Å². The Labute approximate surface area is 82.0 Å². The van der Waals surface area contributed by atoms with Crippen LogP contribution in [-0.4, -0.2) is 4.98 Å². The third-order valence-electron chi connectivity index (χ3n) is 2.42. The summed E-state index contributed by atoms with van der Waals surface area (Å²) in [6.45, 7) is 0. The molecule has 3 rings (SSSR count). The van der Waals surface area contributed by atoms with Crippen LogP contribution >= 0.6 is 0 Å². The highest BCUT2D eigenvalue weighted by Gasteiger charge is 1.98. The average Bonchev–Trinajstić information content (AvgIpc) is 2.29. The summed E-state index contributed by atoms with van der Waals surface area (Å²) < 4.78 is 0. The van der Waals surface area contributed by atoms with Gasteiger partial charge in [-0.25, -0.2) is 0 Å². The van der Waals surface area contributed by atoms with Crippen LogP contribution in [0.4, 0.5) is 0 Å². The van der Waals surface area contributed by atoms with Crippen LogP contribution in [0, 0.1) is 6.07 Å². The number of aromatic nitrogens is 1. The number of nitrogens with zero attached hydrogens (tertiary/aromatic N) is 1. The highest BCUT2D eigenvalue weighted by molar-refractivity contribution is 6.05. The molecule has 0 bridgehead atoms. The summed E-state index contributed by atoms with van der Waals surface area (Å²) in [5.74, 6) is 0. The maximum Gasteiger partial charge on any atom is 0.0787 e. The van der Waals surface area contributed by atoms with Crippen molar-refractivity contribution < 1.29 is 0 Å². The highest BCUT2D eigenvalue weighted by atomic mass is 14.6. The summed E-state index contributed by atoms with van der Waals surface area (Å²) >= 11 is 0. The maximum absolute atomic E-state index is 4.28. The highest BCUT2D eigenvalue weighted by Crippen LogP contribution is 2.22. The molecular weight excluding hydrogens is 170 g/mol. The molecule has 2 aromatic carbocycles. The molecule has 0 atom stereocenters. The molecule has 0 aliphatic carbocycles. The monoisotopic (exact) mass is 178 g/mol. The molecular formula is C13H8N. The first kappa shape index (κ1) is 7.51. The molecule has 0 aliphatic heterocycles. The Morgan fingerprint density at radius 1 is 0.929 bits per heavy atom. The Morgan fingerprint density at radius 2 is 1.79 bits per heavy atom. The van der Waals surface area contributed by atoms with Gasteiger partial charge in [0.15, 0.2) is 0 Å². The van der Waals surface area contributed by atoms with Crippen molar-refractivity contribution >= 4 is 21.7 Å². The van der Waals surface area contributed by atoms with E-state index in [1.165, 1.54) is 16.2 Å². The van der Waals surface area contributed by atoms with E-state index in [1.807, 2.05) is 18.2 Å². The van der Waals surface area contributed by atoms with Crippen LogP contribution in [0.15, 0.2) is 48.7 Å². The largest absolute Gasteiger partial charge is 0.256 e. The van der Waals surface area contributed by atoms with Crippen LogP contribution in [0.1, 0.15) is 0 Å². The van der Waals surface area contributed by atoms with E-state index in [0.717, 1.165) is 5.52 Å². The standard InChI is InChI=1S/C13H8N/c1-2-5-11-10(4-1)7-8-13-12(11)6-3-9-14-13/h1-7,9H. The van der Waals surface area contributed by atoms with Gasteiger partial charge in [-0.2, -0.15) is 0 Å². The van der Waals surface area contributed by atoms with Gasteiger partial charge >= 0.3 is 0 Å². The van der Waals surface area contributed by atoms with E-state index in [2.05, 4.69) is 35.3 Å². The lowest BCUT2D eigenvalue weighted by molar-refractivity contribution is 1.42. The Hall–Kier alpha value is -1.89. The van der Waals surface area contributed by atoms with E-state index in [-0.39, 0.29) is 0 Å². The van der Waals surface area contributed by atoms with Crippen LogP contribution < -0.4 is 0 Å². The van der Waals surface area contributed by atoms with Gasteiger partial charge in [-0.05, 0) is 22.9 Å². The van der Waals surface area contributed by atoms with Crippen molar-refractivity contribution in [3.05, 3.63) is 54.7 Å². The zero-order valence-corrected chi connectivity index (χ0v) is 7.57. The number of hydrogen-bond acceptors (Lipinski definition) is 1. The van der Waals surface area contributed by atoms with Crippen molar-refractivity contribution in [2.24, 2.45) is 0 Å². The molecule has 1 aromatic heterocycles. The molecule has 1 heterocycles. The van der Waals surface area contributed by atoms with Gasteiger partial charge in [-0.1, -0.05) is 30.3 Å². The van der Waals surface area contributed by atoms with E-state index in [4.69, 9.17) is 0 Å². The van der Waals surface area contributed by atoms with Crippen molar-refractivity contribution in [2.45, 2.75) is 0 Å². The Balaban J connectivity index is 2.61. The Bertz CT molecular complexity index is 544. The van der Waals surface area contributed by atoms with Crippen molar-refractivity contribution in [3.8, 4) is 0 Å². The molecule has 0 unspecified atom stereocenters. The summed E-state index contributed by atoms with van der Waals surface area (Å²) in [4.78, 5) is 4.28. The molecule has 0 amide bonds. The normalized spacial score (nSPS) is 10.9. The lowest BCUT2D eigenvalue weighted by Gasteiger charge is -2.01. The van der Waals surface area contributed by atoms with Gasteiger partial charge in [0.2, 0.25) is 0 Å². The molecule has 0 saturated carbocycles. The molecule has 0 fully saturated rings. The fraction of sp³-hybridized carbons (Fsp3) is 0. The zero-order chi connectivity index (χ0) is 9.38. The van der Waals surface area contributed by atoms with Gasteiger partial charge in [0.25, 0.3) is 0 Å². The predicted molar refractivity (Wildman–Crippen MR) is 58.1 cm³/mol. The molecule has 14 heavy (non-hydrogen) atoms. The van der Waals surface area contributed by atoms with Gasteiger partial charge in [0, 0.05) is 17.6 Å². The van der Waals surface area contributed by atoms with Crippen LogP contribution in [0.25, 0.3) is 21.7 Å². The van der Waals surface area contributed by atoms with E-state index >= 15 is 0 Å². The molecule has 1 heteroatoms. The molecule has 3 aromatic rings. The third-order valence-corrected chi connectivity index (χ3v) is 2.42. The summed E-state index contributed by atoms with van der Waals surface area (Å²) in [5, 5.41) is 3.63. The van der Waals surface area contributed by atoms with E-state index in [0.29, 0.717) is 0 Å². The second-order valence-electron chi connectivity index (χ2n) is 3.28. The van der Waals surface area contributed by atoms with E-state index < -0.39 is 0 Å². The maximum atomic E-state index is 4.28. The van der Waals surface area contributed by atoms with Crippen LogP contribution in [0.3, 0.4) is 0 Å². The lowest BCUT2D eigenvalue weighted by Crippen LogP contribution is -1.79. The zero-order valence-electron chi connectivity index (χ0n) is 7.57. The quantitative estimate of drug-likeness (QED) is 0.482. The third kappa shape index (κ3) is 0.990. The SMILES string of the molecule is [c]1cc2ccccc2c2cccnc12. The van der Waals surface area contributed by atoms with Gasteiger partial charge in [-0.15, -0.1) is 0 Å². The number of hydrogen-bond donors (Lipinski definition) is 0. The summed E-state index contributed by atoms with van der Waals surface area (Å²) in [6, 6.07) is 17.5. The number of rotatable bonds is 0. The lowest BCUT2D eigenvalue weighted by atomic mass is 10.1. The van der Waals surface area contributed by atoms with Crippen LogP contribution in [-0.2, 0) is 0 Å². The molecule has 0 aliphatic rings. The predicted octanol–water partition coefficient (Wildman–Crippen LogP) is 3.19.